The monoisotopic (exact) mass is 473 g/mol. The molecule has 2 aromatic carbocycles. The molecule has 3 heterocycles. The largest absolute Gasteiger partial charge is 0.469 e. The fraction of sp³-hybridized carbons (Fsp3) is 0.259. The molecule has 1 aliphatic rings. The minimum Gasteiger partial charge on any atom is -0.469 e. The molecule has 0 aliphatic carbocycles. The molecule has 2 aromatic heterocycles. The van der Waals surface area contributed by atoms with Gasteiger partial charge in [0.05, 0.1) is 18.7 Å². The number of nitrogens with zero attached hydrogens (tertiary/aromatic N) is 2. The summed E-state index contributed by atoms with van der Waals surface area (Å²) in [7, 11) is 1.44. The Morgan fingerprint density at radius 1 is 1.26 bits per heavy atom. The molecule has 0 amide bonds. The Morgan fingerprint density at radius 3 is 2.88 bits per heavy atom. The van der Waals surface area contributed by atoms with Crippen molar-refractivity contribution in [2.75, 3.05) is 18.6 Å². The first-order chi connectivity index (χ1) is 16.5. The number of H-pyrrole nitrogens is 1. The van der Waals surface area contributed by atoms with Crippen molar-refractivity contribution in [1.82, 2.24) is 4.98 Å². The number of benzene rings is 2. The second-order valence-corrected chi connectivity index (χ2v) is 9.59. The van der Waals surface area contributed by atoms with E-state index in [-0.39, 0.29) is 23.7 Å². The van der Waals surface area contributed by atoms with Gasteiger partial charge in [0.15, 0.2) is 0 Å². The van der Waals surface area contributed by atoms with Crippen LogP contribution in [-0.2, 0) is 9.53 Å². The molecule has 2 atom stereocenters. The average molecular weight is 474 g/mol. The molecule has 2 unspecified atom stereocenters. The lowest BCUT2D eigenvalue weighted by atomic mass is 9.91. The van der Waals surface area contributed by atoms with E-state index >= 15 is 0 Å². The molecule has 7 heteroatoms. The van der Waals surface area contributed by atoms with Crippen molar-refractivity contribution in [3.05, 3.63) is 64.6 Å². The summed E-state index contributed by atoms with van der Waals surface area (Å²) in [5, 5.41) is 12.3. The van der Waals surface area contributed by atoms with E-state index in [9.17, 15) is 14.4 Å². The summed E-state index contributed by atoms with van der Waals surface area (Å²) in [5.41, 5.74) is 5.34. The number of aromatic amines is 1. The number of fused-ring (bicyclic) bond motifs is 1. The Balaban J connectivity index is 1.58. The normalized spacial score (nSPS) is 18.1. The van der Waals surface area contributed by atoms with Gasteiger partial charge in [-0.3, -0.25) is 4.79 Å². The molecule has 0 radical (unpaired) electrons. The van der Waals surface area contributed by atoms with Gasteiger partial charge in [0.2, 0.25) is 0 Å². The number of hydrogen-bond donors (Lipinski definition) is 1. The van der Waals surface area contributed by atoms with Gasteiger partial charge >= 0.3 is 5.97 Å². The zero-order chi connectivity index (χ0) is 23.8. The molecular formula is C27H24FN3O2S. The molecular weight excluding hydrogens is 449 g/mol. The van der Waals surface area contributed by atoms with Crippen LogP contribution < -0.4 is 4.90 Å². The summed E-state index contributed by atoms with van der Waals surface area (Å²) >= 11 is 1.38. The lowest BCUT2D eigenvalue weighted by Crippen LogP contribution is -2.43. The summed E-state index contributed by atoms with van der Waals surface area (Å²) in [6.07, 6.45) is 1.49. The Hall–Kier alpha value is -3.63. The van der Waals surface area contributed by atoms with Gasteiger partial charge < -0.3 is 14.6 Å². The quantitative estimate of drug-likeness (QED) is 0.351. The third-order valence-electron chi connectivity index (χ3n) is 6.67. The molecule has 5 nitrogen and oxygen atoms in total. The smallest absolute Gasteiger partial charge is 0.308 e. The standard InChI is InChI=1S/C27H24FN3O2S/c1-16-12-18(27(32)33-2)8-10-31(16)20-5-3-4-17(13-20)26-25(21-9-11-34-24(21)15-29)22-14-19(28)6-7-23(22)30-26/h3-7,9,11,13-14,16,18,30H,8,10,12H2,1-2H3. The molecule has 1 aliphatic heterocycles. The number of halogens is 1. The minimum absolute atomic E-state index is 0.0716. The van der Waals surface area contributed by atoms with Crippen LogP contribution in [-0.4, -0.2) is 30.6 Å². The third kappa shape index (κ3) is 3.84. The van der Waals surface area contributed by atoms with Crippen LogP contribution in [0.25, 0.3) is 33.3 Å². The van der Waals surface area contributed by atoms with E-state index in [1.165, 1.54) is 30.6 Å². The van der Waals surface area contributed by atoms with E-state index in [4.69, 9.17) is 4.74 Å². The summed E-state index contributed by atoms with van der Waals surface area (Å²) < 4.78 is 19.2. The molecule has 0 spiro atoms. The van der Waals surface area contributed by atoms with Crippen molar-refractivity contribution in [2.45, 2.75) is 25.8 Å². The highest BCUT2D eigenvalue weighted by molar-refractivity contribution is 7.11. The van der Waals surface area contributed by atoms with Crippen LogP contribution >= 0.6 is 11.3 Å². The van der Waals surface area contributed by atoms with E-state index in [1.807, 2.05) is 23.6 Å². The van der Waals surface area contributed by atoms with Crippen molar-refractivity contribution < 1.29 is 13.9 Å². The number of carbonyl (C=O) groups is 1. The summed E-state index contributed by atoms with van der Waals surface area (Å²) in [4.78, 5) is 18.4. The molecule has 0 bridgehead atoms. The first-order valence-electron chi connectivity index (χ1n) is 11.2. The maximum atomic E-state index is 14.2. The lowest BCUT2D eigenvalue weighted by molar-refractivity contribution is -0.146. The van der Waals surface area contributed by atoms with Crippen LogP contribution in [0.4, 0.5) is 10.1 Å². The number of aromatic nitrogens is 1. The maximum Gasteiger partial charge on any atom is 0.308 e. The molecule has 172 valence electrons. The molecule has 1 fully saturated rings. The zero-order valence-electron chi connectivity index (χ0n) is 19.0. The number of ether oxygens (including phenoxy) is 1. The molecule has 1 N–H and O–H groups in total. The molecule has 5 rings (SSSR count). The van der Waals surface area contributed by atoms with Gasteiger partial charge in [-0.1, -0.05) is 12.1 Å². The number of methoxy groups -OCH3 is 1. The molecule has 4 aromatic rings. The Bertz CT molecular complexity index is 1420. The highest BCUT2D eigenvalue weighted by atomic mass is 32.1. The van der Waals surface area contributed by atoms with Crippen LogP contribution in [0.5, 0.6) is 0 Å². The predicted octanol–water partition coefficient (Wildman–Crippen LogP) is 6.35. The van der Waals surface area contributed by atoms with E-state index in [0.717, 1.165) is 58.4 Å². The predicted molar refractivity (Wildman–Crippen MR) is 133 cm³/mol. The molecule has 0 saturated carbocycles. The maximum absolute atomic E-state index is 14.2. The van der Waals surface area contributed by atoms with Gasteiger partial charge in [0.25, 0.3) is 0 Å². The van der Waals surface area contributed by atoms with E-state index in [2.05, 4.69) is 35.0 Å². The number of esters is 1. The fourth-order valence-electron chi connectivity index (χ4n) is 5.03. The second-order valence-electron chi connectivity index (χ2n) is 8.68. The van der Waals surface area contributed by atoms with Gasteiger partial charge in [-0.2, -0.15) is 5.26 Å². The van der Waals surface area contributed by atoms with Crippen LogP contribution in [0.15, 0.2) is 53.9 Å². The first kappa shape index (κ1) is 22.2. The van der Waals surface area contributed by atoms with Gasteiger partial charge in [-0.05, 0) is 61.5 Å². The Kier molecular flexibility index (Phi) is 5.84. The molecule has 1 saturated heterocycles. The average Bonchev–Trinajstić information content (AvgIpc) is 3.47. The number of hydrogen-bond acceptors (Lipinski definition) is 5. The van der Waals surface area contributed by atoms with Gasteiger partial charge in [0.1, 0.15) is 16.8 Å². The van der Waals surface area contributed by atoms with Crippen molar-refractivity contribution in [3.8, 4) is 28.5 Å². The van der Waals surface area contributed by atoms with Crippen LogP contribution in [0.3, 0.4) is 0 Å². The van der Waals surface area contributed by atoms with Crippen LogP contribution in [0, 0.1) is 23.1 Å². The number of rotatable bonds is 4. The first-order valence-corrected chi connectivity index (χ1v) is 12.1. The summed E-state index contributed by atoms with van der Waals surface area (Å²) in [6, 6.07) is 17.3. The molecule has 34 heavy (non-hydrogen) atoms. The highest BCUT2D eigenvalue weighted by Gasteiger charge is 2.31. The van der Waals surface area contributed by atoms with E-state index < -0.39 is 0 Å². The van der Waals surface area contributed by atoms with Crippen molar-refractivity contribution in [2.24, 2.45) is 5.92 Å². The van der Waals surface area contributed by atoms with Crippen molar-refractivity contribution in [1.29, 1.82) is 5.26 Å². The van der Waals surface area contributed by atoms with Crippen molar-refractivity contribution >= 4 is 33.9 Å². The summed E-state index contributed by atoms with van der Waals surface area (Å²) in [6.45, 7) is 2.89. The minimum atomic E-state index is -0.316. The number of anilines is 1. The Morgan fingerprint density at radius 2 is 2.12 bits per heavy atom. The topological polar surface area (TPSA) is 69.1 Å². The van der Waals surface area contributed by atoms with Crippen molar-refractivity contribution in [3.63, 3.8) is 0 Å². The fourth-order valence-corrected chi connectivity index (χ4v) is 5.72. The van der Waals surface area contributed by atoms with Gasteiger partial charge in [-0.25, -0.2) is 4.39 Å². The number of carbonyl (C=O) groups excluding carboxylic acids is 1. The van der Waals surface area contributed by atoms with Gasteiger partial charge in [-0.15, -0.1) is 11.3 Å². The Labute approximate surface area is 201 Å². The number of nitrogens with one attached hydrogen (secondary N) is 1. The number of nitriles is 1. The number of piperidine rings is 1. The second kappa shape index (κ2) is 8.96. The number of thiophene rings is 1. The van der Waals surface area contributed by atoms with Gasteiger partial charge in [0, 0.05) is 45.9 Å². The zero-order valence-corrected chi connectivity index (χ0v) is 19.8. The van der Waals surface area contributed by atoms with Crippen LogP contribution in [0.2, 0.25) is 0 Å². The van der Waals surface area contributed by atoms with Crippen LogP contribution in [0.1, 0.15) is 24.6 Å². The highest BCUT2D eigenvalue weighted by Crippen LogP contribution is 2.42. The summed E-state index contributed by atoms with van der Waals surface area (Å²) in [5.74, 6) is -0.527. The van der Waals surface area contributed by atoms with E-state index in [1.54, 1.807) is 6.07 Å². The third-order valence-corrected chi connectivity index (χ3v) is 7.49. The SMILES string of the molecule is COC(=O)C1CCN(c2cccc(-c3[nH]c4ccc(F)cc4c3-c3ccsc3C#N)c2)C(C)C1. The van der Waals surface area contributed by atoms with E-state index in [0.29, 0.717) is 4.88 Å². The lowest BCUT2D eigenvalue weighted by Gasteiger charge is -2.38.